The highest BCUT2D eigenvalue weighted by molar-refractivity contribution is 7.90. The third-order valence-corrected chi connectivity index (χ3v) is 13.8. The predicted molar refractivity (Wildman–Crippen MR) is 247 cm³/mol. The smallest absolute Gasteiger partial charge is 0.408 e. The van der Waals surface area contributed by atoms with Crippen molar-refractivity contribution >= 4 is 51.2 Å². The highest BCUT2D eigenvalue weighted by Crippen LogP contribution is 2.42. The van der Waals surface area contributed by atoms with Gasteiger partial charge in [-0.15, -0.1) is 0 Å². The van der Waals surface area contributed by atoms with E-state index in [1.54, 1.807) is 39.6 Å². The highest BCUT2D eigenvalue weighted by Gasteiger charge is 2.54. The second kappa shape index (κ2) is 19.3. The molecule has 20 heteroatoms. The number of sulfonamides is 1. The third kappa shape index (κ3) is 11.2. The maximum absolute atomic E-state index is 14.7. The van der Waals surface area contributed by atoms with E-state index in [9.17, 15) is 37.7 Å². The summed E-state index contributed by atoms with van der Waals surface area (Å²) in [7, 11) is -4.19. The number of fused-ring (bicyclic) bond motifs is 2. The summed E-state index contributed by atoms with van der Waals surface area (Å²) in [6, 6.07) is 12.1. The fourth-order valence-electron chi connectivity index (χ4n) is 8.74. The van der Waals surface area contributed by atoms with Crippen molar-refractivity contribution in [2.45, 2.75) is 134 Å². The van der Waals surface area contributed by atoms with Crippen molar-refractivity contribution in [3.63, 3.8) is 0 Å². The number of nitrogens with two attached hydrogens (primary N) is 1. The quantitative estimate of drug-likeness (QED) is 0.0478. The van der Waals surface area contributed by atoms with E-state index in [1.807, 2.05) is 51.1 Å². The van der Waals surface area contributed by atoms with Crippen LogP contribution >= 0.6 is 0 Å². The predicted octanol–water partition coefficient (Wildman–Crippen LogP) is 4.85. The molecule has 0 bridgehead atoms. The van der Waals surface area contributed by atoms with Gasteiger partial charge in [0.1, 0.15) is 34.6 Å². The van der Waals surface area contributed by atoms with Gasteiger partial charge in [-0.1, -0.05) is 30.3 Å². The minimum absolute atomic E-state index is 0.00477. The number of hydrogen-bond donors (Lipinski definition) is 5. The molecule has 3 aromatic rings. The van der Waals surface area contributed by atoms with Gasteiger partial charge in [-0.25, -0.2) is 22.9 Å². The summed E-state index contributed by atoms with van der Waals surface area (Å²) in [4.78, 5) is 71.2. The van der Waals surface area contributed by atoms with Gasteiger partial charge in [0.15, 0.2) is 0 Å². The van der Waals surface area contributed by atoms with Crippen LogP contribution in [0.25, 0.3) is 0 Å². The molecular formula is C46H61N9O10S. The number of benzene rings is 3. The maximum Gasteiger partial charge on any atom is 0.408 e. The lowest BCUT2D eigenvalue weighted by molar-refractivity contribution is -0.384. The molecule has 3 atom stereocenters. The molecule has 3 aromatic carbocycles. The summed E-state index contributed by atoms with van der Waals surface area (Å²) in [5, 5.41) is 22.8. The molecule has 4 amide bonds. The Kier molecular flexibility index (Phi) is 14.4. The molecule has 3 heterocycles. The summed E-state index contributed by atoms with van der Waals surface area (Å²) in [5.74, 6) is -1.46. The minimum Gasteiger partial charge on any atom is -0.487 e. The van der Waals surface area contributed by atoms with E-state index in [0.29, 0.717) is 42.8 Å². The first kappa shape index (κ1) is 49.2. The lowest BCUT2D eigenvalue weighted by atomic mass is 9.84. The average Bonchev–Trinajstić information content (AvgIpc) is 3.67. The van der Waals surface area contributed by atoms with Crippen molar-refractivity contribution in [2.75, 3.05) is 25.0 Å². The second-order valence-corrected chi connectivity index (χ2v) is 20.4. The number of amides is 4. The Labute approximate surface area is 385 Å². The fourth-order valence-corrected chi connectivity index (χ4v) is 10.3. The summed E-state index contributed by atoms with van der Waals surface area (Å²) in [6.07, 6.45) is 1.32. The van der Waals surface area contributed by atoms with Gasteiger partial charge >= 0.3 is 6.09 Å². The molecular weight excluding hydrogens is 871 g/mol. The number of guanidine groups is 1. The van der Waals surface area contributed by atoms with E-state index in [0.717, 1.165) is 16.7 Å². The molecule has 2 saturated heterocycles. The molecule has 6 N–H and O–H groups in total. The van der Waals surface area contributed by atoms with Gasteiger partial charge in [-0.05, 0) is 134 Å². The van der Waals surface area contributed by atoms with Gasteiger partial charge < -0.3 is 31.2 Å². The van der Waals surface area contributed by atoms with Crippen LogP contribution in [0.1, 0.15) is 94.5 Å². The van der Waals surface area contributed by atoms with E-state index < -0.39 is 62.0 Å². The third-order valence-electron chi connectivity index (χ3n) is 12.2. The number of nitro groups is 1. The van der Waals surface area contributed by atoms with Crippen LogP contribution in [0.15, 0.2) is 64.5 Å². The van der Waals surface area contributed by atoms with E-state index in [4.69, 9.17) is 15.2 Å². The van der Waals surface area contributed by atoms with Crippen molar-refractivity contribution in [3.8, 4) is 5.75 Å². The minimum atomic E-state index is -4.19. The number of non-ortho nitro benzene ring substituents is 1. The number of rotatable bonds is 14. The van der Waals surface area contributed by atoms with Crippen LogP contribution in [0.3, 0.4) is 0 Å². The lowest BCUT2D eigenvalue weighted by Gasteiger charge is -2.46. The first-order chi connectivity index (χ1) is 30.9. The van der Waals surface area contributed by atoms with Crippen molar-refractivity contribution in [1.29, 1.82) is 0 Å². The molecule has 0 saturated carbocycles. The number of hydrazine groups is 1. The van der Waals surface area contributed by atoms with Crippen LogP contribution in [0.2, 0.25) is 0 Å². The number of nitro benzene ring substituents is 1. The monoisotopic (exact) mass is 931 g/mol. The fraction of sp³-hybridized carbons (Fsp3) is 0.500. The van der Waals surface area contributed by atoms with Crippen molar-refractivity contribution in [2.24, 2.45) is 10.7 Å². The standard InChI is InChI=1S/C46H61N9O10S/c1-28-29(2)38(30(3)34-20-22-45(7,8)64-37(28)34)66(62,63)52-42(47)48-24-12-15-35(39(56)49-32-16-18-33(19-17-32)55(60)61)50-40(57)36-21-25-53-26-23-46(41(58)54(36)53,27-31-13-10-9-11-14-31)51-43(59)65-44(4,5)6/h9-11,13-14,16-19,35-36H,12,15,20-27H2,1-8H3,(H,49,56)(H,50,57)(H,51,59)(H3,47,48,52). The van der Waals surface area contributed by atoms with Crippen LogP contribution in [0.4, 0.5) is 16.2 Å². The largest absolute Gasteiger partial charge is 0.487 e. The van der Waals surface area contributed by atoms with E-state index >= 15 is 0 Å². The van der Waals surface area contributed by atoms with E-state index in [-0.39, 0.29) is 66.5 Å². The Bertz CT molecular complexity index is 2510. The first-order valence-electron chi connectivity index (χ1n) is 22.0. The zero-order valence-electron chi connectivity index (χ0n) is 38.8. The molecule has 3 aliphatic rings. The van der Waals surface area contributed by atoms with Crippen molar-refractivity contribution < 1.29 is 42.0 Å². The number of hydrogen-bond acceptors (Lipinski definition) is 12. The van der Waals surface area contributed by atoms with Crippen LogP contribution < -0.4 is 31.1 Å². The lowest BCUT2D eigenvalue weighted by Crippen LogP contribution is -2.70. The molecule has 356 valence electrons. The molecule has 66 heavy (non-hydrogen) atoms. The Morgan fingerprint density at radius 2 is 1.70 bits per heavy atom. The van der Waals surface area contributed by atoms with Crippen LogP contribution in [0, 0.1) is 30.9 Å². The summed E-state index contributed by atoms with van der Waals surface area (Å²) >= 11 is 0. The molecule has 19 nitrogen and oxygen atoms in total. The zero-order valence-corrected chi connectivity index (χ0v) is 39.6. The van der Waals surface area contributed by atoms with E-state index in [2.05, 4.69) is 25.7 Å². The number of alkyl carbamates (subject to hydrolysis) is 1. The number of nitrogens with one attached hydrogen (secondary N) is 4. The molecule has 3 unspecified atom stereocenters. The van der Waals surface area contributed by atoms with Crippen molar-refractivity contribution in [3.05, 3.63) is 92.5 Å². The highest BCUT2D eigenvalue weighted by atomic mass is 32.2. The summed E-state index contributed by atoms with van der Waals surface area (Å²) in [5.41, 5.74) is 6.93. The molecule has 2 fully saturated rings. The molecule has 0 spiro atoms. The normalized spacial score (nSPS) is 20.0. The van der Waals surface area contributed by atoms with E-state index in [1.165, 1.54) is 29.3 Å². The number of aliphatic imine (C=N–C) groups is 1. The molecule has 0 radical (unpaired) electrons. The molecule has 6 rings (SSSR count). The van der Waals surface area contributed by atoms with Crippen molar-refractivity contribution in [1.82, 2.24) is 25.4 Å². The zero-order chi connectivity index (χ0) is 48.4. The SMILES string of the molecule is Cc1c(C)c(S(=O)(=O)NC(N)=NCCCC(NC(=O)C2CCN3CCC(Cc4ccccc4)(NC(=O)OC(C)(C)C)C(=O)N23)C(=O)Nc2ccc([N+](=O)[O-])cc2)c(C)c2c1OC(C)(C)CC2. The van der Waals surface area contributed by atoms with Crippen LogP contribution in [0.5, 0.6) is 5.75 Å². The second-order valence-electron chi connectivity index (χ2n) is 18.8. The summed E-state index contributed by atoms with van der Waals surface area (Å²) < 4.78 is 41.9. The number of ether oxygens (including phenoxy) is 2. The Morgan fingerprint density at radius 1 is 1.02 bits per heavy atom. The average molecular weight is 932 g/mol. The summed E-state index contributed by atoms with van der Waals surface area (Å²) in [6.45, 7) is 15.1. The Balaban J connectivity index is 1.19. The Hall–Kier alpha value is -6.28. The number of anilines is 1. The van der Waals surface area contributed by atoms with Crippen LogP contribution in [-0.2, 0) is 42.0 Å². The first-order valence-corrected chi connectivity index (χ1v) is 23.5. The van der Waals surface area contributed by atoms with Gasteiger partial charge in [0.05, 0.1) is 9.82 Å². The van der Waals surface area contributed by atoms with Gasteiger partial charge in [-0.2, -0.15) is 0 Å². The Morgan fingerprint density at radius 3 is 2.35 bits per heavy atom. The van der Waals surface area contributed by atoms with Gasteiger partial charge in [0, 0.05) is 43.9 Å². The number of carbonyl (C=O) groups is 4. The van der Waals surface area contributed by atoms with Gasteiger partial charge in [0.2, 0.25) is 17.8 Å². The number of carbonyl (C=O) groups excluding carboxylic acids is 4. The molecule has 0 aromatic heterocycles. The van der Waals surface area contributed by atoms with Gasteiger partial charge in [0.25, 0.3) is 21.6 Å². The topological polar surface area (TPSA) is 257 Å². The molecule has 3 aliphatic heterocycles. The van der Waals surface area contributed by atoms with Gasteiger partial charge in [-0.3, -0.25) is 34.5 Å². The maximum atomic E-state index is 14.7. The molecule has 0 aliphatic carbocycles. The van der Waals surface area contributed by atoms with Crippen LogP contribution in [-0.4, -0.2) is 102 Å². The number of nitrogens with zero attached hydrogens (tertiary/aromatic N) is 4.